The number of anilines is 1. The number of nitrogens with two attached hydrogens (primary N) is 1. The lowest BCUT2D eigenvalue weighted by Crippen LogP contribution is -2.23. The molecule has 0 aliphatic rings. The molecule has 0 spiro atoms. The van der Waals surface area contributed by atoms with E-state index in [1.807, 2.05) is 33.8 Å². The summed E-state index contributed by atoms with van der Waals surface area (Å²) >= 11 is 0. The maximum Gasteiger partial charge on any atom is 0.266 e. The van der Waals surface area contributed by atoms with Crippen LogP contribution < -0.4 is 16.0 Å². The monoisotopic (exact) mass is 567 g/mol. The predicted molar refractivity (Wildman–Crippen MR) is 156 cm³/mol. The molecule has 9 nitrogen and oxygen atoms in total. The maximum atomic E-state index is 15.0. The van der Waals surface area contributed by atoms with Crippen LogP contribution in [0.5, 0.6) is 5.75 Å². The Kier molecular flexibility index (Phi) is 6.64. The second-order valence-electron chi connectivity index (χ2n) is 10.4. The fourth-order valence-electron chi connectivity index (χ4n) is 5.06. The molecule has 1 atom stereocenters. The Labute approximate surface area is 239 Å². The molecule has 11 heteroatoms. The number of hydrogen-bond donors (Lipinski definition) is 1. The Bertz CT molecular complexity index is 2050. The molecule has 4 heterocycles. The summed E-state index contributed by atoms with van der Waals surface area (Å²) < 4.78 is 38.0. The molecule has 0 amide bonds. The number of fused-ring (bicyclic) bond motifs is 2. The second kappa shape index (κ2) is 10.3. The molecule has 6 rings (SSSR count). The SMILES string of the molecule is Cc1ccc2nc([C@@H](C)n3nc(-c4ccc(OC(C)C)c(F)c4)c4c(N)ncnc43)c(-c3cccc(F)c3)c(=O)n2c1. The molecule has 0 radical (unpaired) electrons. The van der Waals surface area contributed by atoms with Gasteiger partial charge in [-0.15, -0.1) is 0 Å². The highest BCUT2D eigenvalue weighted by Gasteiger charge is 2.26. The van der Waals surface area contributed by atoms with Crippen LogP contribution in [0.25, 0.3) is 39.1 Å². The van der Waals surface area contributed by atoms with Crippen LogP contribution in [0.2, 0.25) is 0 Å². The Morgan fingerprint density at radius 2 is 1.79 bits per heavy atom. The lowest BCUT2D eigenvalue weighted by molar-refractivity contribution is 0.231. The van der Waals surface area contributed by atoms with E-state index in [9.17, 15) is 9.18 Å². The Morgan fingerprint density at radius 3 is 2.52 bits per heavy atom. The second-order valence-corrected chi connectivity index (χ2v) is 10.4. The summed E-state index contributed by atoms with van der Waals surface area (Å²) in [7, 11) is 0. The van der Waals surface area contributed by atoms with Crippen LogP contribution in [0.15, 0.2) is 71.9 Å². The standard InChI is InChI=1S/C31H27F2N7O2/c1-16(2)42-23-10-9-20(13-22(23)33)28-26-29(34)35-15-36-30(26)40(38-28)18(4)27-25(19-6-5-7-21(32)12-19)31(41)39-14-17(3)8-11-24(39)37-27/h5-16,18H,1-4H3,(H2,34,35,36)/t18-/m1/s1. The van der Waals surface area contributed by atoms with Crippen molar-refractivity contribution < 1.29 is 13.5 Å². The van der Waals surface area contributed by atoms with Crippen molar-refractivity contribution in [2.75, 3.05) is 5.73 Å². The van der Waals surface area contributed by atoms with E-state index in [-0.39, 0.29) is 28.8 Å². The smallest absolute Gasteiger partial charge is 0.266 e. The molecule has 42 heavy (non-hydrogen) atoms. The highest BCUT2D eigenvalue weighted by molar-refractivity contribution is 5.98. The van der Waals surface area contributed by atoms with Crippen LogP contribution in [0.1, 0.15) is 38.1 Å². The number of pyridine rings is 1. The minimum Gasteiger partial charge on any atom is -0.488 e. The number of nitrogen functional groups attached to an aromatic ring is 1. The number of aromatic nitrogens is 6. The lowest BCUT2D eigenvalue weighted by Gasteiger charge is -2.18. The summed E-state index contributed by atoms with van der Waals surface area (Å²) in [4.78, 5) is 27.4. The molecule has 0 saturated carbocycles. The van der Waals surface area contributed by atoms with E-state index in [1.165, 1.54) is 35.0 Å². The van der Waals surface area contributed by atoms with Gasteiger partial charge in [0.1, 0.15) is 29.3 Å². The van der Waals surface area contributed by atoms with Gasteiger partial charge >= 0.3 is 0 Å². The first-order valence-corrected chi connectivity index (χ1v) is 13.4. The van der Waals surface area contributed by atoms with Gasteiger partial charge in [0.2, 0.25) is 0 Å². The van der Waals surface area contributed by atoms with Crippen molar-refractivity contribution in [2.24, 2.45) is 0 Å². The van der Waals surface area contributed by atoms with Gasteiger partial charge in [-0.3, -0.25) is 9.20 Å². The van der Waals surface area contributed by atoms with Gasteiger partial charge < -0.3 is 10.5 Å². The summed E-state index contributed by atoms with van der Waals surface area (Å²) in [6.07, 6.45) is 2.80. The fraction of sp³-hybridized carbons (Fsp3) is 0.194. The van der Waals surface area contributed by atoms with E-state index in [1.54, 1.807) is 35.1 Å². The Morgan fingerprint density at radius 1 is 0.976 bits per heavy atom. The van der Waals surface area contributed by atoms with Gasteiger partial charge in [-0.25, -0.2) is 28.4 Å². The van der Waals surface area contributed by atoms with Gasteiger partial charge in [-0.05, 0) is 75.2 Å². The molecule has 0 fully saturated rings. The highest BCUT2D eigenvalue weighted by atomic mass is 19.1. The third-order valence-corrected chi connectivity index (χ3v) is 6.96. The zero-order valence-electron chi connectivity index (χ0n) is 23.3. The first-order valence-electron chi connectivity index (χ1n) is 13.4. The van der Waals surface area contributed by atoms with Crippen molar-refractivity contribution in [3.05, 3.63) is 100 Å². The topological polar surface area (TPSA) is 113 Å². The minimum atomic E-state index is -0.679. The van der Waals surface area contributed by atoms with Crippen molar-refractivity contribution in [1.82, 2.24) is 29.1 Å². The number of nitrogens with zero attached hydrogens (tertiary/aromatic N) is 6. The quantitative estimate of drug-likeness (QED) is 0.273. The molecule has 0 aliphatic carbocycles. The molecule has 6 aromatic rings. The molecule has 4 aromatic heterocycles. The normalized spacial score (nSPS) is 12.4. The van der Waals surface area contributed by atoms with E-state index in [4.69, 9.17) is 20.6 Å². The Hall–Kier alpha value is -5.19. The van der Waals surface area contributed by atoms with E-state index in [0.717, 1.165) is 5.56 Å². The predicted octanol–water partition coefficient (Wildman–Crippen LogP) is 5.73. The maximum absolute atomic E-state index is 15.0. The molecule has 0 saturated heterocycles. The van der Waals surface area contributed by atoms with E-state index in [2.05, 4.69) is 9.97 Å². The molecule has 2 N–H and O–H groups in total. The largest absolute Gasteiger partial charge is 0.488 e. The van der Waals surface area contributed by atoms with Crippen molar-refractivity contribution in [3.63, 3.8) is 0 Å². The molecule has 0 unspecified atom stereocenters. The molecule has 2 aromatic carbocycles. The molecule has 0 aliphatic heterocycles. The first kappa shape index (κ1) is 27.0. The number of hydrogen-bond acceptors (Lipinski definition) is 7. The van der Waals surface area contributed by atoms with Gasteiger partial charge in [0.25, 0.3) is 5.56 Å². The Balaban J connectivity index is 1.59. The van der Waals surface area contributed by atoms with Crippen LogP contribution in [-0.2, 0) is 0 Å². The van der Waals surface area contributed by atoms with Gasteiger partial charge in [0, 0.05) is 11.8 Å². The van der Waals surface area contributed by atoms with Gasteiger partial charge in [0.05, 0.1) is 28.8 Å². The van der Waals surface area contributed by atoms with Crippen molar-refractivity contribution >= 4 is 22.5 Å². The fourth-order valence-corrected chi connectivity index (χ4v) is 5.06. The van der Waals surface area contributed by atoms with Crippen molar-refractivity contribution in [1.29, 1.82) is 0 Å². The van der Waals surface area contributed by atoms with E-state index in [0.29, 0.717) is 39.2 Å². The van der Waals surface area contributed by atoms with Gasteiger partial charge in [0.15, 0.2) is 17.2 Å². The molecular weight excluding hydrogens is 540 g/mol. The van der Waals surface area contributed by atoms with Crippen LogP contribution >= 0.6 is 0 Å². The zero-order valence-corrected chi connectivity index (χ0v) is 23.3. The van der Waals surface area contributed by atoms with Crippen LogP contribution in [-0.4, -0.2) is 35.2 Å². The number of benzene rings is 2. The number of rotatable bonds is 6. The van der Waals surface area contributed by atoms with E-state index >= 15 is 4.39 Å². The number of aryl methyl sites for hydroxylation is 1. The minimum absolute atomic E-state index is 0.117. The summed E-state index contributed by atoms with van der Waals surface area (Å²) in [6, 6.07) is 13.3. The van der Waals surface area contributed by atoms with Crippen LogP contribution in [0, 0.1) is 18.6 Å². The summed E-state index contributed by atoms with van der Waals surface area (Å²) in [5.74, 6) is -0.769. The number of ether oxygens (including phenoxy) is 1. The summed E-state index contributed by atoms with van der Waals surface area (Å²) in [5, 5.41) is 5.23. The first-order chi connectivity index (χ1) is 20.1. The van der Waals surface area contributed by atoms with Crippen molar-refractivity contribution in [3.8, 4) is 28.1 Å². The number of halogens is 2. The summed E-state index contributed by atoms with van der Waals surface area (Å²) in [6.45, 7) is 7.31. The van der Waals surface area contributed by atoms with Crippen LogP contribution in [0.4, 0.5) is 14.6 Å². The van der Waals surface area contributed by atoms with Crippen molar-refractivity contribution in [2.45, 2.75) is 39.8 Å². The zero-order chi connectivity index (χ0) is 29.7. The molecule has 212 valence electrons. The molecular formula is C31H27F2N7O2. The van der Waals surface area contributed by atoms with E-state index < -0.39 is 17.7 Å². The third kappa shape index (κ3) is 4.62. The average Bonchev–Trinajstić information content (AvgIpc) is 3.35. The van der Waals surface area contributed by atoms with Crippen LogP contribution in [0.3, 0.4) is 0 Å². The average molecular weight is 568 g/mol. The molecule has 0 bridgehead atoms. The highest BCUT2D eigenvalue weighted by Crippen LogP contribution is 2.36. The van der Waals surface area contributed by atoms with Gasteiger partial charge in [-0.1, -0.05) is 18.2 Å². The third-order valence-electron chi connectivity index (χ3n) is 6.96. The lowest BCUT2D eigenvalue weighted by atomic mass is 10.0. The summed E-state index contributed by atoms with van der Waals surface area (Å²) in [5.41, 5.74) is 9.33. The van der Waals surface area contributed by atoms with Gasteiger partial charge in [-0.2, -0.15) is 5.10 Å².